The molecule has 0 aliphatic heterocycles. The van der Waals surface area contributed by atoms with Crippen LogP contribution in [0.4, 0.5) is 19.0 Å². The SMILES string of the molecule is Cn1cnc2c(-c3ccc(C(F)(F)F)cc3)cnc(NCC3(S(C)(=O)=O)CC3)c2c1=O. The Morgan fingerprint density at radius 2 is 1.81 bits per heavy atom. The van der Waals surface area contributed by atoms with E-state index in [1.54, 1.807) is 0 Å². The van der Waals surface area contributed by atoms with Crippen molar-refractivity contribution < 1.29 is 21.6 Å². The van der Waals surface area contributed by atoms with E-state index >= 15 is 0 Å². The van der Waals surface area contributed by atoms with Crippen LogP contribution in [0.2, 0.25) is 0 Å². The number of nitrogens with one attached hydrogen (secondary N) is 1. The van der Waals surface area contributed by atoms with Gasteiger partial charge in [0.25, 0.3) is 5.56 Å². The molecule has 0 amide bonds. The molecule has 3 aromatic rings. The van der Waals surface area contributed by atoms with E-state index in [1.807, 2.05) is 0 Å². The monoisotopic (exact) mass is 452 g/mol. The number of halogens is 3. The van der Waals surface area contributed by atoms with Gasteiger partial charge in [0.15, 0.2) is 9.84 Å². The van der Waals surface area contributed by atoms with Gasteiger partial charge < -0.3 is 9.88 Å². The number of alkyl halides is 3. The Balaban J connectivity index is 1.79. The van der Waals surface area contributed by atoms with Crippen LogP contribution in [0.5, 0.6) is 0 Å². The molecule has 0 unspecified atom stereocenters. The lowest BCUT2D eigenvalue weighted by molar-refractivity contribution is -0.137. The van der Waals surface area contributed by atoms with Crippen molar-refractivity contribution in [1.29, 1.82) is 0 Å². The van der Waals surface area contributed by atoms with Gasteiger partial charge in [-0.1, -0.05) is 12.1 Å². The number of aryl methyl sites for hydroxylation is 1. The average molecular weight is 452 g/mol. The lowest BCUT2D eigenvalue weighted by Gasteiger charge is -2.16. The summed E-state index contributed by atoms with van der Waals surface area (Å²) in [6, 6.07) is 4.51. The molecule has 4 rings (SSSR count). The van der Waals surface area contributed by atoms with Crippen LogP contribution in [0.25, 0.3) is 22.0 Å². The molecule has 11 heteroatoms. The number of nitrogens with zero attached hydrogens (tertiary/aromatic N) is 3. The molecule has 31 heavy (non-hydrogen) atoms. The first kappa shape index (κ1) is 21.3. The van der Waals surface area contributed by atoms with Gasteiger partial charge in [-0.05, 0) is 30.5 Å². The van der Waals surface area contributed by atoms with Crippen molar-refractivity contribution >= 4 is 26.6 Å². The van der Waals surface area contributed by atoms with Crippen molar-refractivity contribution in [3.05, 3.63) is 52.7 Å². The first-order chi connectivity index (χ1) is 14.4. The van der Waals surface area contributed by atoms with Gasteiger partial charge in [0, 0.05) is 31.6 Å². The van der Waals surface area contributed by atoms with Crippen LogP contribution in [-0.2, 0) is 23.1 Å². The molecule has 0 atom stereocenters. The third-order valence-electron chi connectivity index (χ3n) is 5.64. The summed E-state index contributed by atoms with van der Waals surface area (Å²) in [6.45, 7) is 0.103. The highest BCUT2D eigenvalue weighted by atomic mass is 32.2. The molecule has 1 aromatic carbocycles. The van der Waals surface area contributed by atoms with Crippen LogP contribution in [0.15, 0.2) is 41.6 Å². The zero-order valence-electron chi connectivity index (χ0n) is 16.7. The van der Waals surface area contributed by atoms with E-state index in [0.29, 0.717) is 24.0 Å². The van der Waals surface area contributed by atoms with Gasteiger partial charge in [0.1, 0.15) is 11.2 Å². The minimum atomic E-state index is -4.46. The number of anilines is 1. The second-order valence-corrected chi connectivity index (χ2v) is 10.2. The van der Waals surface area contributed by atoms with Crippen LogP contribution in [0.3, 0.4) is 0 Å². The molecule has 1 fully saturated rings. The normalized spacial score (nSPS) is 15.8. The molecule has 1 aliphatic rings. The maximum absolute atomic E-state index is 12.9. The molecule has 7 nitrogen and oxygen atoms in total. The molecular formula is C20H19F3N4O3S. The Bertz CT molecular complexity index is 1330. The second-order valence-electron chi connectivity index (χ2n) is 7.79. The molecule has 0 bridgehead atoms. The van der Waals surface area contributed by atoms with Gasteiger partial charge in [-0.25, -0.2) is 18.4 Å². The first-order valence-electron chi connectivity index (χ1n) is 9.38. The smallest absolute Gasteiger partial charge is 0.368 e. The summed E-state index contributed by atoms with van der Waals surface area (Å²) in [7, 11) is -1.77. The molecule has 0 spiro atoms. The Morgan fingerprint density at radius 1 is 1.16 bits per heavy atom. The molecule has 0 radical (unpaired) electrons. The minimum Gasteiger partial charge on any atom is -0.368 e. The summed E-state index contributed by atoms with van der Waals surface area (Å²) in [5.74, 6) is 0.189. The number of rotatable bonds is 5. The number of sulfone groups is 1. The summed E-state index contributed by atoms with van der Waals surface area (Å²) >= 11 is 0. The average Bonchev–Trinajstić information content (AvgIpc) is 3.49. The highest BCUT2D eigenvalue weighted by Crippen LogP contribution is 2.43. The largest absolute Gasteiger partial charge is 0.416 e. The van der Waals surface area contributed by atoms with E-state index in [4.69, 9.17) is 0 Å². The van der Waals surface area contributed by atoms with Crippen molar-refractivity contribution in [2.75, 3.05) is 18.1 Å². The van der Waals surface area contributed by atoms with Crippen molar-refractivity contribution in [3.8, 4) is 11.1 Å². The number of hydrogen-bond acceptors (Lipinski definition) is 6. The van der Waals surface area contributed by atoms with Crippen molar-refractivity contribution in [2.45, 2.75) is 23.8 Å². The highest BCUT2D eigenvalue weighted by Gasteiger charge is 2.52. The Morgan fingerprint density at radius 3 is 2.35 bits per heavy atom. The van der Waals surface area contributed by atoms with Gasteiger partial charge in [0.05, 0.1) is 22.2 Å². The van der Waals surface area contributed by atoms with Crippen molar-refractivity contribution in [1.82, 2.24) is 14.5 Å². The second kappa shape index (κ2) is 7.04. The molecule has 2 heterocycles. The third-order valence-corrected chi connectivity index (χ3v) is 7.77. The summed E-state index contributed by atoms with van der Waals surface area (Å²) in [4.78, 5) is 21.4. The summed E-state index contributed by atoms with van der Waals surface area (Å²) in [5.41, 5.74) is -0.0995. The summed E-state index contributed by atoms with van der Waals surface area (Å²) < 4.78 is 63.1. The quantitative estimate of drug-likeness (QED) is 0.640. The fourth-order valence-corrected chi connectivity index (χ4v) is 4.64. The van der Waals surface area contributed by atoms with Gasteiger partial charge >= 0.3 is 6.18 Å². The molecule has 1 N–H and O–H groups in total. The summed E-state index contributed by atoms with van der Waals surface area (Å²) in [5, 5.41) is 3.13. The fourth-order valence-electron chi connectivity index (χ4n) is 3.46. The van der Waals surface area contributed by atoms with Crippen molar-refractivity contribution in [2.24, 2.45) is 7.05 Å². The van der Waals surface area contributed by atoms with E-state index in [-0.39, 0.29) is 23.3 Å². The molecular weight excluding hydrogens is 433 g/mol. The van der Waals surface area contributed by atoms with E-state index in [1.165, 1.54) is 42.5 Å². The Kier molecular flexibility index (Phi) is 4.84. The van der Waals surface area contributed by atoms with Crippen LogP contribution >= 0.6 is 0 Å². The zero-order valence-corrected chi connectivity index (χ0v) is 17.5. The molecule has 0 saturated heterocycles. The molecule has 1 aliphatic carbocycles. The van der Waals surface area contributed by atoms with Gasteiger partial charge in [-0.15, -0.1) is 0 Å². The Hall–Kier alpha value is -2.95. The van der Waals surface area contributed by atoms with E-state index in [2.05, 4.69) is 15.3 Å². The zero-order chi connectivity index (χ0) is 22.6. The molecule has 1 saturated carbocycles. The Labute approximate surface area is 175 Å². The van der Waals surface area contributed by atoms with Gasteiger partial charge in [0.2, 0.25) is 0 Å². The van der Waals surface area contributed by atoms with E-state index in [0.717, 1.165) is 12.1 Å². The molecule has 164 valence electrons. The lowest BCUT2D eigenvalue weighted by atomic mass is 10.0. The van der Waals surface area contributed by atoms with Crippen LogP contribution in [-0.4, -0.2) is 40.5 Å². The predicted molar refractivity (Wildman–Crippen MR) is 111 cm³/mol. The number of benzene rings is 1. The lowest BCUT2D eigenvalue weighted by Crippen LogP contribution is -2.31. The van der Waals surface area contributed by atoms with Crippen LogP contribution in [0, 0.1) is 0 Å². The summed E-state index contributed by atoms with van der Waals surface area (Å²) in [6.07, 6.45) is 0.509. The van der Waals surface area contributed by atoms with Gasteiger partial charge in [-0.2, -0.15) is 13.2 Å². The number of hydrogen-bond donors (Lipinski definition) is 1. The van der Waals surface area contributed by atoms with E-state index < -0.39 is 31.9 Å². The number of aromatic nitrogens is 3. The van der Waals surface area contributed by atoms with Crippen LogP contribution in [0.1, 0.15) is 18.4 Å². The molecule has 2 aromatic heterocycles. The predicted octanol–water partition coefficient (Wildman–Crippen LogP) is 3.00. The topological polar surface area (TPSA) is 93.9 Å². The van der Waals surface area contributed by atoms with E-state index in [9.17, 15) is 26.4 Å². The standard InChI is InChI=1S/C20H19F3N4O3S/c1-27-11-26-16-14(12-3-5-13(6-4-12)20(21,22)23)9-24-17(15(16)18(27)28)25-10-19(7-8-19)31(2,29)30/h3-6,9,11H,7-8,10H2,1-2H3,(H,24,25). The van der Waals surface area contributed by atoms with Crippen molar-refractivity contribution in [3.63, 3.8) is 0 Å². The van der Waals surface area contributed by atoms with Gasteiger partial charge in [-0.3, -0.25) is 4.79 Å². The first-order valence-corrected chi connectivity index (χ1v) is 11.3. The minimum absolute atomic E-state index is 0.103. The maximum atomic E-state index is 12.9. The maximum Gasteiger partial charge on any atom is 0.416 e. The number of fused-ring (bicyclic) bond motifs is 1. The number of pyridine rings is 1. The van der Waals surface area contributed by atoms with Crippen LogP contribution < -0.4 is 10.9 Å². The highest BCUT2D eigenvalue weighted by molar-refractivity contribution is 7.92. The fraction of sp³-hybridized carbons (Fsp3) is 0.350. The third kappa shape index (κ3) is 3.78.